The first kappa shape index (κ1) is 13.4. The molecule has 2 aromatic carbocycles. The number of hydrogen-bond acceptors (Lipinski definition) is 1. The molecule has 0 aliphatic carbocycles. The Labute approximate surface area is 122 Å². The molecule has 0 spiro atoms. The van der Waals surface area contributed by atoms with E-state index in [2.05, 4.69) is 67.7 Å². The highest BCUT2D eigenvalue weighted by molar-refractivity contribution is 5.42. The summed E-state index contributed by atoms with van der Waals surface area (Å²) in [4.78, 5) is 0. The molecule has 1 nitrogen and oxygen atoms in total. The quantitative estimate of drug-likeness (QED) is 0.877. The second-order valence-electron chi connectivity index (χ2n) is 5.89. The van der Waals surface area contributed by atoms with Gasteiger partial charge in [-0.25, -0.2) is 0 Å². The van der Waals surface area contributed by atoms with Crippen molar-refractivity contribution in [3.05, 3.63) is 70.8 Å². The lowest BCUT2D eigenvalue weighted by molar-refractivity contribution is 0.537. The molecule has 1 heterocycles. The molecule has 1 heteroatoms. The van der Waals surface area contributed by atoms with Crippen molar-refractivity contribution in [3.63, 3.8) is 0 Å². The molecule has 0 radical (unpaired) electrons. The predicted octanol–water partition coefficient (Wildman–Crippen LogP) is 4.19. The van der Waals surface area contributed by atoms with Crippen LogP contribution in [0.5, 0.6) is 0 Å². The van der Waals surface area contributed by atoms with Gasteiger partial charge in [0.15, 0.2) is 0 Å². The van der Waals surface area contributed by atoms with Crippen LogP contribution in [0.2, 0.25) is 0 Å². The molecule has 0 bridgehead atoms. The van der Waals surface area contributed by atoms with Crippen LogP contribution < -0.4 is 5.32 Å². The number of hydrogen-bond donors (Lipinski definition) is 1. The standard InChI is InChI=1S/C19H23N/c1-14-8-3-5-10-16(14)19(18-12-7-13-20-18)17-11-6-4-9-15(17)2/h3-6,8-11,18-20H,7,12-13H2,1-2H3/t18-/m1/s1. The smallest absolute Gasteiger partial charge is 0.0248 e. The van der Waals surface area contributed by atoms with Crippen molar-refractivity contribution in [1.82, 2.24) is 5.32 Å². The number of aryl methyl sites for hydroxylation is 2. The lowest BCUT2D eigenvalue weighted by atomic mass is 9.80. The highest BCUT2D eigenvalue weighted by Crippen LogP contribution is 2.35. The molecule has 0 amide bonds. The van der Waals surface area contributed by atoms with Crippen LogP contribution in [-0.4, -0.2) is 12.6 Å². The zero-order valence-electron chi connectivity index (χ0n) is 12.4. The van der Waals surface area contributed by atoms with Crippen LogP contribution in [0, 0.1) is 13.8 Å². The molecule has 104 valence electrons. The molecule has 1 aliphatic rings. The molecule has 1 fully saturated rings. The minimum atomic E-state index is 0.472. The van der Waals surface area contributed by atoms with E-state index < -0.39 is 0 Å². The Morgan fingerprint density at radius 1 is 0.900 bits per heavy atom. The van der Waals surface area contributed by atoms with Crippen LogP contribution in [0.3, 0.4) is 0 Å². The first-order chi connectivity index (χ1) is 9.77. The van der Waals surface area contributed by atoms with Crippen molar-refractivity contribution in [2.45, 2.75) is 38.6 Å². The van der Waals surface area contributed by atoms with Gasteiger partial charge in [-0.3, -0.25) is 0 Å². The molecule has 1 atom stereocenters. The highest BCUT2D eigenvalue weighted by atomic mass is 14.9. The maximum Gasteiger partial charge on any atom is 0.0248 e. The van der Waals surface area contributed by atoms with Crippen molar-refractivity contribution in [3.8, 4) is 0 Å². The fourth-order valence-electron chi connectivity index (χ4n) is 3.47. The van der Waals surface area contributed by atoms with Gasteiger partial charge in [0, 0.05) is 12.0 Å². The largest absolute Gasteiger partial charge is 0.313 e. The van der Waals surface area contributed by atoms with Gasteiger partial charge < -0.3 is 5.32 Å². The summed E-state index contributed by atoms with van der Waals surface area (Å²) in [5.74, 6) is 0.472. The third-order valence-electron chi connectivity index (χ3n) is 4.55. The Hall–Kier alpha value is -1.60. The minimum absolute atomic E-state index is 0.472. The fraction of sp³-hybridized carbons (Fsp3) is 0.368. The van der Waals surface area contributed by atoms with Crippen LogP contribution in [0.25, 0.3) is 0 Å². The molecule has 0 saturated carbocycles. The third kappa shape index (κ3) is 2.51. The van der Waals surface area contributed by atoms with E-state index in [1.165, 1.54) is 35.1 Å². The zero-order chi connectivity index (χ0) is 13.9. The Morgan fingerprint density at radius 2 is 1.45 bits per heavy atom. The molecule has 2 aromatic rings. The van der Waals surface area contributed by atoms with E-state index in [1.807, 2.05) is 0 Å². The van der Waals surface area contributed by atoms with E-state index in [0.29, 0.717) is 12.0 Å². The van der Waals surface area contributed by atoms with Crippen LogP contribution in [0.1, 0.15) is 41.0 Å². The molecular formula is C19H23N. The van der Waals surface area contributed by atoms with Gasteiger partial charge in [0.1, 0.15) is 0 Å². The Morgan fingerprint density at radius 3 is 1.90 bits per heavy atom. The topological polar surface area (TPSA) is 12.0 Å². The molecular weight excluding hydrogens is 242 g/mol. The van der Waals surface area contributed by atoms with E-state index in [0.717, 1.165) is 6.54 Å². The van der Waals surface area contributed by atoms with Crippen LogP contribution in [-0.2, 0) is 0 Å². The maximum absolute atomic E-state index is 3.71. The van der Waals surface area contributed by atoms with Crippen molar-refractivity contribution >= 4 is 0 Å². The molecule has 1 aliphatic heterocycles. The summed E-state index contributed by atoms with van der Waals surface area (Å²) < 4.78 is 0. The summed E-state index contributed by atoms with van der Waals surface area (Å²) in [5.41, 5.74) is 5.74. The van der Waals surface area contributed by atoms with Crippen LogP contribution in [0.4, 0.5) is 0 Å². The summed E-state index contributed by atoms with van der Waals surface area (Å²) in [6.07, 6.45) is 2.56. The van der Waals surface area contributed by atoms with E-state index in [-0.39, 0.29) is 0 Å². The third-order valence-corrected chi connectivity index (χ3v) is 4.55. The molecule has 1 N–H and O–H groups in total. The summed E-state index contributed by atoms with van der Waals surface area (Å²) in [7, 11) is 0. The zero-order valence-corrected chi connectivity index (χ0v) is 12.4. The Bertz CT molecular complexity index is 536. The number of benzene rings is 2. The molecule has 1 saturated heterocycles. The predicted molar refractivity (Wildman–Crippen MR) is 85.2 cm³/mol. The Balaban J connectivity index is 2.09. The van der Waals surface area contributed by atoms with Crippen molar-refractivity contribution in [1.29, 1.82) is 0 Å². The van der Waals surface area contributed by atoms with Crippen molar-refractivity contribution < 1.29 is 0 Å². The van der Waals surface area contributed by atoms with Gasteiger partial charge in [0.25, 0.3) is 0 Å². The van der Waals surface area contributed by atoms with Gasteiger partial charge in [-0.05, 0) is 55.5 Å². The molecule has 0 aromatic heterocycles. The second kappa shape index (κ2) is 5.80. The lowest BCUT2D eigenvalue weighted by Gasteiger charge is -2.27. The average Bonchev–Trinajstić information content (AvgIpc) is 2.97. The van der Waals surface area contributed by atoms with E-state index >= 15 is 0 Å². The Kier molecular flexibility index (Phi) is 3.88. The maximum atomic E-state index is 3.71. The van der Waals surface area contributed by atoms with E-state index in [4.69, 9.17) is 0 Å². The van der Waals surface area contributed by atoms with Gasteiger partial charge in [-0.1, -0.05) is 48.5 Å². The first-order valence-corrected chi connectivity index (χ1v) is 7.62. The van der Waals surface area contributed by atoms with E-state index in [1.54, 1.807) is 0 Å². The van der Waals surface area contributed by atoms with Gasteiger partial charge in [-0.15, -0.1) is 0 Å². The lowest BCUT2D eigenvalue weighted by Crippen LogP contribution is -2.30. The SMILES string of the molecule is Cc1ccccc1C(c1ccccc1C)[C@H]1CCCN1. The second-order valence-corrected chi connectivity index (χ2v) is 5.89. The van der Waals surface area contributed by atoms with E-state index in [9.17, 15) is 0 Å². The fourth-order valence-corrected chi connectivity index (χ4v) is 3.47. The first-order valence-electron chi connectivity index (χ1n) is 7.62. The molecule has 3 rings (SSSR count). The van der Waals surface area contributed by atoms with Gasteiger partial charge in [0.2, 0.25) is 0 Å². The van der Waals surface area contributed by atoms with Gasteiger partial charge in [-0.2, -0.15) is 0 Å². The number of rotatable bonds is 3. The molecule has 0 unspecified atom stereocenters. The molecule has 20 heavy (non-hydrogen) atoms. The van der Waals surface area contributed by atoms with Crippen LogP contribution >= 0.6 is 0 Å². The van der Waals surface area contributed by atoms with Gasteiger partial charge in [0.05, 0.1) is 0 Å². The van der Waals surface area contributed by atoms with Crippen molar-refractivity contribution in [2.24, 2.45) is 0 Å². The normalized spacial score (nSPS) is 18.6. The number of nitrogens with one attached hydrogen (secondary N) is 1. The summed E-state index contributed by atoms with van der Waals surface area (Å²) >= 11 is 0. The summed E-state index contributed by atoms with van der Waals surface area (Å²) in [6, 6.07) is 18.2. The average molecular weight is 265 g/mol. The summed E-state index contributed by atoms with van der Waals surface area (Å²) in [6.45, 7) is 5.62. The van der Waals surface area contributed by atoms with Crippen LogP contribution in [0.15, 0.2) is 48.5 Å². The minimum Gasteiger partial charge on any atom is -0.313 e. The van der Waals surface area contributed by atoms with Gasteiger partial charge >= 0.3 is 0 Å². The highest BCUT2D eigenvalue weighted by Gasteiger charge is 2.29. The summed E-state index contributed by atoms with van der Waals surface area (Å²) in [5, 5.41) is 3.71. The van der Waals surface area contributed by atoms with Crippen molar-refractivity contribution in [2.75, 3.05) is 6.54 Å². The monoisotopic (exact) mass is 265 g/mol.